The van der Waals surface area contributed by atoms with Gasteiger partial charge < -0.3 is 10.6 Å². The average Bonchev–Trinajstić information content (AvgIpc) is 2.99. The Hall–Kier alpha value is -1.10. The maximum absolute atomic E-state index is 12.1. The Morgan fingerprint density at radius 2 is 2.05 bits per heavy atom. The van der Waals surface area contributed by atoms with Gasteiger partial charge in [-0.15, -0.1) is 12.4 Å². The number of hydrogen-bond donors (Lipinski definition) is 2. The van der Waals surface area contributed by atoms with E-state index >= 15 is 0 Å². The zero-order valence-electron chi connectivity index (χ0n) is 12.5. The third kappa shape index (κ3) is 3.96. The lowest BCUT2D eigenvalue weighted by Gasteiger charge is -2.16. The molecule has 0 bridgehead atoms. The average molecular weight is 310 g/mol. The fourth-order valence-corrected chi connectivity index (χ4v) is 3.35. The van der Waals surface area contributed by atoms with Gasteiger partial charge in [-0.3, -0.25) is 9.69 Å². The molecule has 0 aromatic heterocycles. The molecule has 2 aliphatic rings. The molecule has 2 N–H and O–H groups in total. The Labute approximate surface area is 132 Å². The molecule has 0 spiro atoms. The molecule has 0 saturated carbocycles. The van der Waals surface area contributed by atoms with Gasteiger partial charge in [0.25, 0.3) is 0 Å². The molecule has 2 saturated heterocycles. The summed E-state index contributed by atoms with van der Waals surface area (Å²) >= 11 is 0. The standard InChI is InChI=1S/C16H23N3O.ClH/c1-2-12-4-3-5-15(6-12)18-16(20)11-19-9-13-7-17-8-14(13)10-19;/h3-6,13-14,17H,2,7-11H2,1H3,(H,18,20);1H/t13-,14+;. The molecule has 0 unspecified atom stereocenters. The lowest BCUT2D eigenvalue weighted by Crippen LogP contribution is -2.33. The van der Waals surface area contributed by atoms with Gasteiger partial charge in [0.2, 0.25) is 5.91 Å². The third-order valence-electron chi connectivity index (χ3n) is 4.45. The van der Waals surface area contributed by atoms with Gasteiger partial charge in [0.1, 0.15) is 0 Å². The summed E-state index contributed by atoms with van der Waals surface area (Å²) in [4.78, 5) is 14.4. The fraction of sp³-hybridized carbons (Fsp3) is 0.562. The summed E-state index contributed by atoms with van der Waals surface area (Å²) in [6, 6.07) is 8.10. The summed E-state index contributed by atoms with van der Waals surface area (Å²) in [5.74, 6) is 1.59. The van der Waals surface area contributed by atoms with Crippen LogP contribution >= 0.6 is 12.4 Å². The maximum Gasteiger partial charge on any atom is 0.238 e. The SMILES string of the molecule is CCc1cccc(NC(=O)CN2C[C@H]3CNC[C@H]3C2)c1.Cl. The summed E-state index contributed by atoms with van der Waals surface area (Å²) in [5, 5.41) is 6.44. The molecule has 0 radical (unpaired) electrons. The Morgan fingerprint density at radius 1 is 1.33 bits per heavy atom. The van der Waals surface area contributed by atoms with Gasteiger partial charge in [-0.05, 0) is 49.0 Å². The molecular weight excluding hydrogens is 286 g/mol. The Morgan fingerprint density at radius 3 is 2.71 bits per heavy atom. The molecule has 2 heterocycles. The number of aryl methyl sites for hydroxylation is 1. The highest BCUT2D eigenvalue weighted by Crippen LogP contribution is 2.25. The number of carbonyl (C=O) groups is 1. The summed E-state index contributed by atoms with van der Waals surface area (Å²) in [6.45, 7) is 6.98. The number of amides is 1. The fourth-order valence-electron chi connectivity index (χ4n) is 3.35. The lowest BCUT2D eigenvalue weighted by molar-refractivity contribution is -0.117. The topological polar surface area (TPSA) is 44.4 Å². The zero-order chi connectivity index (χ0) is 13.9. The number of benzene rings is 1. The molecule has 5 heteroatoms. The molecule has 1 aromatic carbocycles. The molecule has 116 valence electrons. The van der Waals surface area contributed by atoms with Crippen molar-refractivity contribution in [2.75, 3.05) is 38.0 Å². The van der Waals surface area contributed by atoms with E-state index in [4.69, 9.17) is 0 Å². The highest BCUT2D eigenvalue weighted by Gasteiger charge is 2.36. The predicted molar refractivity (Wildman–Crippen MR) is 88.0 cm³/mol. The molecule has 21 heavy (non-hydrogen) atoms. The van der Waals surface area contributed by atoms with Crippen LogP contribution in [-0.4, -0.2) is 43.5 Å². The molecule has 3 rings (SSSR count). The van der Waals surface area contributed by atoms with Gasteiger partial charge in [-0.2, -0.15) is 0 Å². The van der Waals surface area contributed by atoms with Crippen LogP contribution in [0, 0.1) is 11.8 Å². The summed E-state index contributed by atoms with van der Waals surface area (Å²) < 4.78 is 0. The van der Waals surface area contributed by atoms with E-state index in [1.54, 1.807) is 0 Å². The van der Waals surface area contributed by atoms with Crippen LogP contribution in [0.15, 0.2) is 24.3 Å². The highest BCUT2D eigenvalue weighted by atomic mass is 35.5. The number of fused-ring (bicyclic) bond motifs is 1. The number of halogens is 1. The first-order chi connectivity index (χ1) is 9.74. The van der Waals surface area contributed by atoms with Crippen molar-refractivity contribution in [3.8, 4) is 0 Å². The summed E-state index contributed by atoms with van der Waals surface area (Å²) in [7, 11) is 0. The van der Waals surface area contributed by atoms with Gasteiger partial charge in [-0.25, -0.2) is 0 Å². The highest BCUT2D eigenvalue weighted by molar-refractivity contribution is 5.92. The van der Waals surface area contributed by atoms with Crippen molar-refractivity contribution in [2.45, 2.75) is 13.3 Å². The van der Waals surface area contributed by atoms with E-state index in [9.17, 15) is 4.79 Å². The van der Waals surface area contributed by atoms with E-state index in [2.05, 4.69) is 34.6 Å². The van der Waals surface area contributed by atoms with Crippen molar-refractivity contribution in [1.29, 1.82) is 0 Å². The van der Waals surface area contributed by atoms with Crippen LogP contribution in [0.3, 0.4) is 0 Å². The second-order valence-electron chi connectivity index (χ2n) is 5.97. The van der Waals surface area contributed by atoms with Crippen LogP contribution in [0.2, 0.25) is 0 Å². The first kappa shape index (κ1) is 16.3. The smallest absolute Gasteiger partial charge is 0.238 e. The van der Waals surface area contributed by atoms with E-state index < -0.39 is 0 Å². The first-order valence-corrected chi connectivity index (χ1v) is 7.56. The Balaban J connectivity index is 0.00000161. The van der Waals surface area contributed by atoms with E-state index in [0.29, 0.717) is 6.54 Å². The number of rotatable bonds is 4. The molecule has 2 fully saturated rings. The largest absolute Gasteiger partial charge is 0.325 e. The van der Waals surface area contributed by atoms with Crippen molar-refractivity contribution in [2.24, 2.45) is 11.8 Å². The second kappa shape index (κ2) is 7.25. The van der Waals surface area contributed by atoms with E-state index in [1.165, 1.54) is 5.56 Å². The normalized spacial score (nSPS) is 24.4. The van der Waals surface area contributed by atoms with Gasteiger partial charge in [-0.1, -0.05) is 19.1 Å². The molecule has 0 aliphatic carbocycles. The first-order valence-electron chi connectivity index (χ1n) is 7.56. The number of likely N-dealkylation sites (tertiary alicyclic amines) is 1. The summed E-state index contributed by atoms with van der Waals surface area (Å²) in [5.41, 5.74) is 2.17. The van der Waals surface area contributed by atoms with Gasteiger partial charge in [0.15, 0.2) is 0 Å². The van der Waals surface area contributed by atoms with E-state index in [1.807, 2.05) is 12.1 Å². The number of hydrogen-bond acceptors (Lipinski definition) is 3. The van der Waals surface area contributed by atoms with E-state index in [0.717, 1.165) is 50.1 Å². The molecule has 1 amide bonds. The quantitative estimate of drug-likeness (QED) is 0.891. The minimum absolute atomic E-state index is 0. The summed E-state index contributed by atoms with van der Waals surface area (Å²) in [6.07, 6.45) is 0.992. The van der Waals surface area contributed by atoms with Gasteiger partial charge in [0.05, 0.1) is 6.54 Å². The van der Waals surface area contributed by atoms with Crippen molar-refractivity contribution in [3.05, 3.63) is 29.8 Å². The molecule has 1 aromatic rings. The number of anilines is 1. The molecule has 2 atom stereocenters. The second-order valence-corrected chi connectivity index (χ2v) is 5.97. The van der Waals surface area contributed by atoms with Crippen LogP contribution in [0.25, 0.3) is 0 Å². The minimum Gasteiger partial charge on any atom is -0.325 e. The van der Waals surface area contributed by atoms with Crippen molar-refractivity contribution < 1.29 is 4.79 Å². The lowest BCUT2D eigenvalue weighted by atomic mass is 10.0. The molecule has 2 aliphatic heterocycles. The molecular formula is C16H24ClN3O. The van der Waals surface area contributed by atoms with Gasteiger partial charge in [0, 0.05) is 18.8 Å². The minimum atomic E-state index is 0. The number of nitrogens with zero attached hydrogens (tertiary/aromatic N) is 1. The van der Waals surface area contributed by atoms with Gasteiger partial charge >= 0.3 is 0 Å². The van der Waals surface area contributed by atoms with Crippen LogP contribution in [0.5, 0.6) is 0 Å². The molecule has 4 nitrogen and oxygen atoms in total. The number of nitrogens with one attached hydrogen (secondary N) is 2. The third-order valence-corrected chi connectivity index (χ3v) is 4.45. The van der Waals surface area contributed by atoms with Crippen LogP contribution < -0.4 is 10.6 Å². The monoisotopic (exact) mass is 309 g/mol. The van der Waals surface area contributed by atoms with Crippen LogP contribution in [0.4, 0.5) is 5.69 Å². The van der Waals surface area contributed by atoms with Crippen LogP contribution in [-0.2, 0) is 11.2 Å². The zero-order valence-corrected chi connectivity index (χ0v) is 13.3. The predicted octanol–water partition coefficient (Wildman–Crippen LogP) is 1.76. The number of carbonyl (C=O) groups excluding carboxylic acids is 1. The Kier molecular flexibility index (Phi) is 5.62. The van der Waals surface area contributed by atoms with E-state index in [-0.39, 0.29) is 18.3 Å². The van der Waals surface area contributed by atoms with Crippen molar-refractivity contribution >= 4 is 24.0 Å². The maximum atomic E-state index is 12.1. The van der Waals surface area contributed by atoms with Crippen LogP contribution in [0.1, 0.15) is 12.5 Å². The Bertz CT molecular complexity index is 482. The van der Waals surface area contributed by atoms with Crippen molar-refractivity contribution in [3.63, 3.8) is 0 Å². The van der Waals surface area contributed by atoms with Crippen molar-refractivity contribution in [1.82, 2.24) is 10.2 Å².